The molecule has 0 unspecified atom stereocenters. The van der Waals surface area contributed by atoms with Crippen LogP contribution in [0.4, 0.5) is 5.69 Å². The Morgan fingerprint density at radius 3 is 2.57 bits per heavy atom. The van der Waals surface area contributed by atoms with Crippen molar-refractivity contribution in [3.05, 3.63) is 52.8 Å². The van der Waals surface area contributed by atoms with E-state index in [9.17, 15) is 4.79 Å². The van der Waals surface area contributed by atoms with Crippen LogP contribution in [0.1, 0.15) is 61.5 Å². The van der Waals surface area contributed by atoms with E-state index in [2.05, 4.69) is 55.0 Å². The van der Waals surface area contributed by atoms with Crippen LogP contribution < -0.4 is 4.90 Å². The van der Waals surface area contributed by atoms with Crippen LogP contribution in [0.25, 0.3) is 11.0 Å². The van der Waals surface area contributed by atoms with Crippen molar-refractivity contribution in [3.8, 4) is 0 Å². The molecule has 1 aromatic carbocycles. The first-order valence-electron chi connectivity index (χ1n) is 12.7. The van der Waals surface area contributed by atoms with Gasteiger partial charge in [0, 0.05) is 63.0 Å². The fourth-order valence-corrected chi connectivity index (χ4v) is 4.94. The van der Waals surface area contributed by atoms with Crippen LogP contribution in [-0.4, -0.2) is 58.9 Å². The number of hydrogen-bond acceptors (Lipinski definition) is 5. The average Bonchev–Trinajstić information content (AvgIpc) is 3.48. The molecule has 188 valence electrons. The van der Waals surface area contributed by atoms with Gasteiger partial charge < -0.3 is 14.5 Å². The highest BCUT2D eigenvalue weighted by Gasteiger charge is 2.24. The van der Waals surface area contributed by atoms with Gasteiger partial charge in [-0.1, -0.05) is 12.1 Å². The summed E-state index contributed by atoms with van der Waals surface area (Å²) in [5.41, 5.74) is 6.53. The molecule has 1 amide bonds. The summed E-state index contributed by atoms with van der Waals surface area (Å²) in [6.45, 7) is 10.4. The molecule has 4 rings (SSSR count). The Morgan fingerprint density at radius 2 is 1.94 bits per heavy atom. The molecule has 3 aromatic rings. The van der Waals surface area contributed by atoms with E-state index >= 15 is 0 Å². The molecular formula is C28H39N5O2. The predicted molar refractivity (Wildman–Crippen MR) is 141 cm³/mol. The van der Waals surface area contributed by atoms with E-state index in [0.29, 0.717) is 25.9 Å². The molecule has 7 nitrogen and oxygen atoms in total. The third kappa shape index (κ3) is 5.67. The highest BCUT2D eigenvalue weighted by molar-refractivity contribution is 5.81. The van der Waals surface area contributed by atoms with Crippen LogP contribution in [0.2, 0.25) is 0 Å². The molecule has 0 radical (unpaired) electrons. The van der Waals surface area contributed by atoms with Crippen molar-refractivity contribution in [2.24, 2.45) is 0 Å². The molecule has 1 atom stereocenters. The Kier molecular flexibility index (Phi) is 7.75. The Labute approximate surface area is 209 Å². The predicted octanol–water partition coefficient (Wildman–Crippen LogP) is 4.84. The molecule has 35 heavy (non-hydrogen) atoms. The van der Waals surface area contributed by atoms with Crippen LogP contribution in [-0.2, 0) is 22.5 Å². The van der Waals surface area contributed by atoms with Crippen LogP contribution in [0.3, 0.4) is 0 Å². The number of ether oxygens (including phenoxy) is 1. The normalized spacial score (nSPS) is 15.8. The van der Waals surface area contributed by atoms with E-state index in [4.69, 9.17) is 9.72 Å². The number of carbonyl (C=O) groups is 1. The number of nitrogens with zero attached hydrogens (tertiary/aromatic N) is 5. The summed E-state index contributed by atoms with van der Waals surface area (Å²) < 4.78 is 7.84. The van der Waals surface area contributed by atoms with E-state index in [1.165, 1.54) is 5.56 Å². The summed E-state index contributed by atoms with van der Waals surface area (Å²) in [5, 5.41) is 5.62. The van der Waals surface area contributed by atoms with Gasteiger partial charge in [0.25, 0.3) is 0 Å². The van der Waals surface area contributed by atoms with Crippen molar-refractivity contribution in [1.82, 2.24) is 19.7 Å². The summed E-state index contributed by atoms with van der Waals surface area (Å²) in [7, 11) is 4.07. The average molecular weight is 478 g/mol. The second kappa shape index (κ2) is 10.8. The number of hydrogen-bond donors (Lipinski definition) is 0. The van der Waals surface area contributed by atoms with Gasteiger partial charge in [-0.2, -0.15) is 5.10 Å². The minimum atomic E-state index is 0.128. The topological polar surface area (TPSA) is 63.5 Å². The van der Waals surface area contributed by atoms with E-state index in [1.807, 2.05) is 36.8 Å². The van der Waals surface area contributed by atoms with E-state index < -0.39 is 0 Å². The SMILES string of the molecule is Cc1nc2c(cnn2C(C)C)c(C)c1CCC(=O)N(Cc1ccc(N(C)C)cc1)C[C@@H]1CCCO1. The van der Waals surface area contributed by atoms with Crippen LogP contribution in [0, 0.1) is 13.8 Å². The Morgan fingerprint density at radius 1 is 1.20 bits per heavy atom. The molecular weight excluding hydrogens is 438 g/mol. The maximum absolute atomic E-state index is 13.5. The van der Waals surface area contributed by atoms with Gasteiger partial charge in [0.1, 0.15) is 0 Å². The van der Waals surface area contributed by atoms with Crippen molar-refractivity contribution in [2.75, 3.05) is 32.1 Å². The van der Waals surface area contributed by atoms with Crippen LogP contribution in [0.5, 0.6) is 0 Å². The quantitative estimate of drug-likeness (QED) is 0.441. The van der Waals surface area contributed by atoms with Gasteiger partial charge in [-0.15, -0.1) is 0 Å². The maximum Gasteiger partial charge on any atom is 0.223 e. The smallest absolute Gasteiger partial charge is 0.223 e. The maximum atomic E-state index is 13.5. The zero-order valence-electron chi connectivity index (χ0n) is 22.0. The summed E-state index contributed by atoms with van der Waals surface area (Å²) in [6.07, 6.45) is 5.25. The first-order valence-corrected chi connectivity index (χ1v) is 12.7. The largest absolute Gasteiger partial charge is 0.378 e. The Bertz CT molecular complexity index is 1160. The molecule has 2 aromatic heterocycles. The van der Waals surface area contributed by atoms with E-state index in [-0.39, 0.29) is 18.1 Å². The summed E-state index contributed by atoms with van der Waals surface area (Å²) in [5.74, 6) is 0.161. The molecule has 0 spiro atoms. The molecule has 7 heteroatoms. The molecule has 0 aliphatic carbocycles. The number of rotatable bonds is 9. The number of aromatic nitrogens is 3. The highest BCUT2D eigenvalue weighted by Crippen LogP contribution is 2.26. The second-order valence-corrected chi connectivity index (χ2v) is 10.2. The lowest BCUT2D eigenvalue weighted by atomic mass is 10.00. The fourth-order valence-electron chi connectivity index (χ4n) is 4.94. The molecule has 3 heterocycles. The van der Waals surface area contributed by atoms with Gasteiger partial charge in [-0.25, -0.2) is 9.67 Å². The molecule has 1 fully saturated rings. The molecule has 0 bridgehead atoms. The van der Waals surface area contributed by atoms with Gasteiger partial charge in [-0.05, 0) is 75.8 Å². The zero-order chi connectivity index (χ0) is 25.1. The number of pyridine rings is 1. The Balaban J connectivity index is 1.50. The number of fused-ring (bicyclic) bond motifs is 1. The number of anilines is 1. The lowest BCUT2D eigenvalue weighted by Crippen LogP contribution is -2.37. The van der Waals surface area contributed by atoms with Gasteiger partial charge in [0.15, 0.2) is 5.65 Å². The molecule has 1 aliphatic rings. The van der Waals surface area contributed by atoms with Crippen molar-refractivity contribution < 1.29 is 9.53 Å². The van der Waals surface area contributed by atoms with Crippen molar-refractivity contribution in [2.45, 2.75) is 72.1 Å². The van der Waals surface area contributed by atoms with Gasteiger partial charge >= 0.3 is 0 Å². The summed E-state index contributed by atoms with van der Waals surface area (Å²) in [4.78, 5) is 22.4. The van der Waals surface area contributed by atoms with Crippen LogP contribution in [0.15, 0.2) is 30.5 Å². The standard InChI is InChI=1S/C28H39N5O2/c1-19(2)33-28-26(16-29-33)20(3)25(21(4)30-28)13-14-27(34)32(18-24-8-7-15-35-24)17-22-9-11-23(12-10-22)31(5)6/h9-12,16,19,24H,7-8,13-15,17-18H2,1-6H3/t24-/m0/s1. The first kappa shape index (κ1) is 25.2. The van der Waals surface area contributed by atoms with Crippen molar-refractivity contribution in [3.63, 3.8) is 0 Å². The number of aryl methyl sites for hydroxylation is 2. The molecule has 1 aliphatic heterocycles. The molecule has 0 saturated carbocycles. The highest BCUT2D eigenvalue weighted by atomic mass is 16.5. The van der Waals surface area contributed by atoms with E-state index in [1.54, 1.807) is 0 Å². The minimum absolute atomic E-state index is 0.128. The fraction of sp³-hybridized carbons (Fsp3) is 0.536. The lowest BCUT2D eigenvalue weighted by Gasteiger charge is -2.26. The number of amides is 1. The zero-order valence-corrected chi connectivity index (χ0v) is 22.0. The minimum Gasteiger partial charge on any atom is -0.378 e. The third-order valence-electron chi connectivity index (χ3n) is 7.04. The summed E-state index contributed by atoms with van der Waals surface area (Å²) in [6, 6.07) is 8.70. The number of benzene rings is 1. The molecule has 1 saturated heterocycles. The van der Waals surface area contributed by atoms with Gasteiger partial charge in [0.2, 0.25) is 5.91 Å². The van der Waals surface area contributed by atoms with E-state index in [0.717, 1.165) is 53.0 Å². The second-order valence-electron chi connectivity index (χ2n) is 10.2. The monoisotopic (exact) mass is 477 g/mol. The number of carbonyl (C=O) groups excluding carboxylic acids is 1. The van der Waals surface area contributed by atoms with Gasteiger partial charge in [0.05, 0.1) is 12.3 Å². The third-order valence-corrected chi connectivity index (χ3v) is 7.04. The van der Waals surface area contributed by atoms with Gasteiger partial charge in [-0.3, -0.25) is 4.79 Å². The Hall–Kier alpha value is -2.93. The lowest BCUT2D eigenvalue weighted by molar-refractivity contribution is -0.133. The summed E-state index contributed by atoms with van der Waals surface area (Å²) >= 11 is 0. The molecule has 0 N–H and O–H groups in total. The van der Waals surface area contributed by atoms with Crippen molar-refractivity contribution in [1.29, 1.82) is 0 Å². The first-order chi connectivity index (χ1) is 16.7. The van der Waals surface area contributed by atoms with Crippen LogP contribution >= 0.6 is 0 Å². The van der Waals surface area contributed by atoms with Crippen molar-refractivity contribution >= 4 is 22.6 Å².